The number of carbonyl (C=O) groups excluding carboxylic acids is 1. The number of rotatable bonds is 4. The molecule has 26 heavy (non-hydrogen) atoms. The minimum Gasteiger partial charge on any atom is -0.372 e. The molecule has 0 aliphatic carbocycles. The zero-order valence-corrected chi connectivity index (χ0v) is 14.2. The van der Waals surface area contributed by atoms with Gasteiger partial charge in [-0.25, -0.2) is 0 Å². The van der Waals surface area contributed by atoms with Crippen molar-refractivity contribution in [2.75, 3.05) is 13.1 Å². The van der Waals surface area contributed by atoms with Crippen LogP contribution < -0.4 is 0 Å². The average molecular weight is 363 g/mol. The maximum atomic E-state index is 12.6. The summed E-state index contributed by atoms with van der Waals surface area (Å²) in [6.45, 7) is 1.52. The standard InChI is InChI=1S/C20H20F3NO2/c21-20(22,23)17-10-8-16(9-11-17)19(25)24-12-4-7-18(13-24)26-14-15-5-2-1-3-6-15/h1-3,5-6,8-11,18H,4,7,12-14H2/t18-/m1/s1. The quantitative estimate of drug-likeness (QED) is 0.799. The molecule has 0 saturated carbocycles. The number of alkyl halides is 3. The maximum absolute atomic E-state index is 12.6. The summed E-state index contributed by atoms with van der Waals surface area (Å²) >= 11 is 0. The van der Waals surface area contributed by atoms with Crippen molar-refractivity contribution in [3.05, 3.63) is 71.3 Å². The van der Waals surface area contributed by atoms with E-state index in [1.165, 1.54) is 12.1 Å². The molecule has 1 aliphatic heterocycles. The molecule has 0 radical (unpaired) electrons. The van der Waals surface area contributed by atoms with Crippen molar-refractivity contribution in [2.24, 2.45) is 0 Å². The van der Waals surface area contributed by atoms with Crippen LogP contribution in [0.3, 0.4) is 0 Å². The zero-order chi connectivity index (χ0) is 18.6. The summed E-state index contributed by atoms with van der Waals surface area (Å²) in [6.07, 6.45) is -2.79. The molecule has 3 rings (SSSR count). The molecule has 0 spiro atoms. The Morgan fingerprint density at radius 3 is 2.42 bits per heavy atom. The predicted molar refractivity (Wildman–Crippen MR) is 91.6 cm³/mol. The summed E-state index contributed by atoms with van der Waals surface area (Å²) in [5, 5.41) is 0. The second kappa shape index (κ2) is 7.91. The van der Waals surface area contributed by atoms with E-state index in [4.69, 9.17) is 4.74 Å². The Balaban J connectivity index is 1.59. The molecule has 1 amide bonds. The molecule has 1 heterocycles. The molecule has 0 bridgehead atoms. The van der Waals surface area contributed by atoms with Crippen LogP contribution in [0.4, 0.5) is 13.2 Å². The fourth-order valence-corrected chi connectivity index (χ4v) is 3.03. The first kappa shape index (κ1) is 18.5. The maximum Gasteiger partial charge on any atom is 0.416 e. The van der Waals surface area contributed by atoms with E-state index in [1.54, 1.807) is 4.90 Å². The van der Waals surface area contributed by atoms with E-state index >= 15 is 0 Å². The minimum atomic E-state index is -4.40. The van der Waals surface area contributed by atoms with Crippen LogP contribution in [0.1, 0.15) is 34.3 Å². The fraction of sp³-hybridized carbons (Fsp3) is 0.350. The normalized spacial score (nSPS) is 18.0. The number of halogens is 3. The van der Waals surface area contributed by atoms with E-state index in [1.807, 2.05) is 30.3 Å². The molecule has 1 aliphatic rings. The highest BCUT2D eigenvalue weighted by atomic mass is 19.4. The first-order valence-corrected chi connectivity index (χ1v) is 8.55. The van der Waals surface area contributed by atoms with Gasteiger partial charge in [-0.15, -0.1) is 0 Å². The summed E-state index contributed by atoms with van der Waals surface area (Å²) in [5.41, 5.74) is 0.581. The Bertz CT molecular complexity index is 729. The smallest absolute Gasteiger partial charge is 0.372 e. The molecule has 0 aromatic heterocycles. The largest absolute Gasteiger partial charge is 0.416 e. The lowest BCUT2D eigenvalue weighted by atomic mass is 10.1. The van der Waals surface area contributed by atoms with Gasteiger partial charge in [0.05, 0.1) is 18.3 Å². The molecular weight excluding hydrogens is 343 g/mol. The third kappa shape index (κ3) is 4.64. The molecule has 0 N–H and O–H groups in total. The Labute approximate surface area is 150 Å². The third-order valence-corrected chi connectivity index (χ3v) is 4.45. The van der Waals surface area contributed by atoms with Crippen LogP contribution in [0.15, 0.2) is 54.6 Å². The molecule has 3 nitrogen and oxygen atoms in total. The van der Waals surface area contributed by atoms with Crippen molar-refractivity contribution in [2.45, 2.75) is 31.7 Å². The van der Waals surface area contributed by atoms with Crippen molar-refractivity contribution in [1.29, 1.82) is 0 Å². The van der Waals surface area contributed by atoms with Crippen LogP contribution in [-0.2, 0) is 17.5 Å². The summed E-state index contributed by atoms with van der Waals surface area (Å²) < 4.78 is 43.8. The number of carbonyl (C=O) groups is 1. The van der Waals surface area contributed by atoms with Gasteiger partial charge in [0, 0.05) is 18.7 Å². The Kier molecular flexibility index (Phi) is 5.61. The van der Waals surface area contributed by atoms with Crippen LogP contribution in [0.2, 0.25) is 0 Å². The van der Waals surface area contributed by atoms with Crippen LogP contribution >= 0.6 is 0 Å². The van der Waals surface area contributed by atoms with Crippen LogP contribution in [0.25, 0.3) is 0 Å². The van der Waals surface area contributed by atoms with Crippen LogP contribution in [-0.4, -0.2) is 30.0 Å². The van der Waals surface area contributed by atoms with Crippen molar-refractivity contribution < 1.29 is 22.7 Å². The van der Waals surface area contributed by atoms with Gasteiger partial charge in [0.2, 0.25) is 0 Å². The number of benzene rings is 2. The fourth-order valence-electron chi connectivity index (χ4n) is 3.03. The van der Waals surface area contributed by atoms with Crippen LogP contribution in [0.5, 0.6) is 0 Å². The van der Waals surface area contributed by atoms with Gasteiger partial charge in [-0.1, -0.05) is 30.3 Å². The summed E-state index contributed by atoms with van der Waals surface area (Å²) in [5.74, 6) is -0.258. The molecular formula is C20H20F3NO2. The molecule has 1 atom stereocenters. The first-order valence-electron chi connectivity index (χ1n) is 8.55. The van der Waals surface area contributed by atoms with Gasteiger partial charge in [-0.2, -0.15) is 13.2 Å². The first-order chi connectivity index (χ1) is 12.4. The van der Waals surface area contributed by atoms with Gasteiger partial charge in [-0.05, 0) is 42.7 Å². The third-order valence-electron chi connectivity index (χ3n) is 4.45. The Morgan fingerprint density at radius 1 is 1.08 bits per heavy atom. The van der Waals surface area contributed by atoms with Crippen molar-refractivity contribution in [1.82, 2.24) is 4.90 Å². The number of piperidine rings is 1. The molecule has 138 valence electrons. The van der Waals surface area contributed by atoms with Gasteiger partial charge in [0.15, 0.2) is 0 Å². The summed E-state index contributed by atoms with van der Waals surface area (Å²) in [4.78, 5) is 14.2. The van der Waals surface area contributed by atoms with Crippen LogP contribution in [0, 0.1) is 0 Å². The number of nitrogens with zero attached hydrogens (tertiary/aromatic N) is 1. The number of hydrogen-bond donors (Lipinski definition) is 0. The van der Waals surface area contributed by atoms with Crippen molar-refractivity contribution in [3.63, 3.8) is 0 Å². The van der Waals surface area contributed by atoms with Gasteiger partial charge in [0.25, 0.3) is 5.91 Å². The van der Waals surface area contributed by atoms with Crippen molar-refractivity contribution >= 4 is 5.91 Å². The Hall–Kier alpha value is -2.34. The highest BCUT2D eigenvalue weighted by molar-refractivity contribution is 5.94. The molecule has 2 aromatic rings. The Morgan fingerprint density at radius 2 is 1.77 bits per heavy atom. The van der Waals surface area contributed by atoms with E-state index in [0.29, 0.717) is 19.7 Å². The highest BCUT2D eigenvalue weighted by Crippen LogP contribution is 2.29. The molecule has 2 aromatic carbocycles. The van der Waals surface area contributed by atoms with Crippen molar-refractivity contribution in [3.8, 4) is 0 Å². The van der Waals surface area contributed by atoms with Gasteiger partial charge in [-0.3, -0.25) is 4.79 Å². The molecule has 1 fully saturated rings. The number of ether oxygens (including phenoxy) is 1. The highest BCUT2D eigenvalue weighted by Gasteiger charge is 2.31. The average Bonchev–Trinajstić information content (AvgIpc) is 2.66. The number of amides is 1. The van der Waals surface area contributed by atoms with Gasteiger partial charge >= 0.3 is 6.18 Å². The molecule has 1 saturated heterocycles. The monoisotopic (exact) mass is 363 g/mol. The van der Waals surface area contributed by atoms with E-state index in [2.05, 4.69) is 0 Å². The summed E-state index contributed by atoms with van der Waals surface area (Å²) in [6, 6.07) is 14.1. The molecule has 6 heteroatoms. The lowest BCUT2D eigenvalue weighted by Gasteiger charge is -2.32. The van der Waals surface area contributed by atoms with E-state index in [-0.39, 0.29) is 17.6 Å². The topological polar surface area (TPSA) is 29.5 Å². The lowest BCUT2D eigenvalue weighted by Crippen LogP contribution is -2.43. The SMILES string of the molecule is O=C(c1ccc(C(F)(F)F)cc1)N1CCC[C@@H](OCc2ccccc2)C1. The predicted octanol–water partition coefficient (Wildman–Crippen LogP) is 4.53. The number of hydrogen-bond acceptors (Lipinski definition) is 2. The summed E-state index contributed by atoms with van der Waals surface area (Å²) in [7, 11) is 0. The van der Waals surface area contributed by atoms with Gasteiger partial charge < -0.3 is 9.64 Å². The van der Waals surface area contributed by atoms with E-state index in [0.717, 1.165) is 30.5 Å². The second-order valence-electron chi connectivity index (χ2n) is 6.39. The second-order valence-corrected chi connectivity index (χ2v) is 6.39. The lowest BCUT2D eigenvalue weighted by molar-refractivity contribution is -0.137. The van der Waals surface area contributed by atoms with Gasteiger partial charge in [0.1, 0.15) is 0 Å². The number of likely N-dealkylation sites (tertiary alicyclic amines) is 1. The van der Waals surface area contributed by atoms with E-state index < -0.39 is 11.7 Å². The molecule has 0 unspecified atom stereocenters. The zero-order valence-electron chi connectivity index (χ0n) is 14.2. The van der Waals surface area contributed by atoms with E-state index in [9.17, 15) is 18.0 Å². The minimum absolute atomic E-state index is 0.0673.